The summed E-state index contributed by atoms with van der Waals surface area (Å²) in [5.74, 6) is 0.107. The number of amides is 4. The number of hydrogen-bond donors (Lipinski definition) is 4. The van der Waals surface area contributed by atoms with Crippen molar-refractivity contribution >= 4 is 35.0 Å². The van der Waals surface area contributed by atoms with Crippen LogP contribution in [-0.4, -0.2) is 39.7 Å². The zero-order valence-electron chi connectivity index (χ0n) is 25.5. The van der Waals surface area contributed by atoms with Crippen molar-refractivity contribution in [2.45, 2.75) is 56.5 Å². The first-order valence-electron chi connectivity index (χ1n) is 15.2. The van der Waals surface area contributed by atoms with Crippen molar-refractivity contribution in [3.63, 3.8) is 0 Å². The van der Waals surface area contributed by atoms with Gasteiger partial charge in [0, 0.05) is 28.9 Å². The Balaban J connectivity index is 1.02. The summed E-state index contributed by atoms with van der Waals surface area (Å²) in [6, 6.07) is 23.8. The van der Waals surface area contributed by atoms with E-state index in [1.54, 1.807) is 49.5 Å². The summed E-state index contributed by atoms with van der Waals surface area (Å²) in [6.07, 6.45) is 4.44. The van der Waals surface area contributed by atoms with Gasteiger partial charge < -0.3 is 25.7 Å². The van der Waals surface area contributed by atoms with Crippen molar-refractivity contribution in [3.05, 3.63) is 103 Å². The van der Waals surface area contributed by atoms with Gasteiger partial charge in [0.05, 0.1) is 12.6 Å². The van der Waals surface area contributed by atoms with E-state index in [0.717, 1.165) is 22.3 Å². The lowest BCUT2D eigenvalue weighted by atomic mass is 10.1. The summed E-state index contributed by atoms with van der Waals surface area (Å²) in [4.78, 5) is 55.0. The molecule has 2 aliphatic carbocycles. The third-order valence-electron chi connectivity index (χ3n) is 8.12. The van der Waals surface area contributed by atoms with Gasteiger partial charge in [0.1, 0.15) is 11.1 Å². The SMILES string of the molecule is C=C(C)CC(=O)NC1(C(=O)Nc2ccc(-c3cnc(-c4ccc(NC(=O)C5(NC(=O)Cc6ccccc6)CC5)cc4)o3)cc2)CC1. The molecule has 0 radical (unpaired) electrons. The van der Waals surface area contributed by atoms with E-state index >= 15 is 0 Å². The Labute approximate surface area is 266 Å². The second-order valence-electron chi connectivity index (χ2n) is 12.1. The summed E-state index contributed by atoms with van der Waals surface area (Å²) >= 11 is 0. The lowest BCUT2D eigenvalue weighted by molar-refractivity contribution is -0.127. The summed E-state index contributed by atoms with van der Waals surface area (Å²) in [7, 11) is 0. The van der Waals surface area contributed by atoms with Gasteiger partial charge in [-0.25, -0.2) is 4.98 Å². The maximum Gasteiger partial charge on any atom is 0.250 e. The topological polar surface area (TPSA) is 142 Å². The fourth-order valence-electron chi connectivity index (χ4n) is 5.20. The molecule has 2 aliphatic rings. The van der Waals surface area contributed by atoms with Gasteiger partial charge in [-0.2, -0.15) is 0 Å². The van der Waals surface area contributed by atoms with Gasteiger partial charge in [-0.05, 0) is 86.7 Å². The fourth-order valence-corrected chi connectivity index (χ4v) is 5.20. The molecule has 4 aromatic rings. The van der Waals surface area contributed by atoms with Gasteiger partial charge in [0.15, 0.2) is 5.76 Å². The van der Waals surface area contributed by atoms with E-state index in [0.29, 0.717) is 48.7 Å². The Morgan fingerprint density at radius 2 is 1.26 bits per heavy atom. The van der Waals surface area contributed by atoms with E-state index in [1.165, 1.54) is 0 Å². The first-order chi connectivity index (χ1) is 22.1. The van der Waals surface area contributed by atoms with E-state index in [1.807, 2.05) is 42.5 Å². The molecule has 0 bridgehead atoms. The van der Waals surface area contributed by atoms with Gasteiger partial charge in [-0.3, -0.25) is 19.2 Å². The fraction of sp³-hybridized carbons (Fsp3) is 0.250. The van der Waals surface area contributed by atoms with Gasteiger partial charge in [-0.1, -0.05) is 42.5 Å². The third kappa shape index (κ3) is 7.07. The van der Waals surface area contributed by atoms with Crippen LogP contribution >= 0.6 is 0 Å². The van der Waals surface area contributed by atoms with Crippen LogP contribution < -0.4 is 21.3 Å². The number of hydrogen-bond acceptors (Lipinski definition) is 6. The molecule has 46 heavy (non-hydrogen) atoms. The van der Waals surface area contributed by atoms with Crippen molar-refractivity contribution in [1.82, 2.24) is 15.6 Å². The van der Waals surface area contributed by atoms with Crippen molar-refractivity contribution in [1.29, 1.82) is 0 Å². The van der Waals surface area contributed by atoms with E-state index < -0.39 is 11.1 Å². The molecule has 4 amide bonds. The summed E-state index contributed by atoms with van der Waals surface area (Å²) in [5.41, 5.74) is 2.62. The highest BCUT2D eigenvalue weighted by Crippen LogP contribution is 2.38. The molecule has 0 saturated heterocycles. The largest absolute Gasteiger partial charge is 0.436 e. The summed E-state index contributed by atoms with van der Waals surface area (Å²) in [6.45, 7) is 5.53. The Morgan fingerprint density at radius 3 is 1.78 bits per heavy atom. The molecule has 0 atom stereocenters. The smallest absolute Gasteiger partial charge is 0.250 e. The predicted octanol–water partition coefficient (Wildman–Crippen LogP) is 5.39. The van der Waals surface area contributed by atoms with Gasteiger partial charge in [-0.15, -0.1) is 0 Å². The zero-order valence-corrected chi connectivity index (χ0v) is 25.5. The number of aromatic nitrogens is 1. The number of nitrogens with zero attached hydrogens (tertiary/aromatic N) is 1. The molecular formula is C36H35N5O5. The van der Waals surface area contributed by atoms with Gasteiger partial charge in [0.2, 0.25) is 29.5 Å². The lowest BCUT2D eigenvalue weighted by Crippen LogP contribution is -2.46. The van der Waals surface area contributed by atoms with Crippen LogP contribution in [0.25, 0.3) is 22.8 Å². The van der Waals surface area contributed by atoms with Crippen LogP contribution in [0.15, 0.2) is 102 Å². The average molecular weight is 618 g/mol. The highest BCUT2D eigenvalue weighted by Gasteiger charge is 2.52. The first kappa shape index (κ1) is 30.5. The van der Waals surface area contributed by atoms with Crippen molar-refractivity contribution in [2.24, 2.45) is 0 Å². The second-order valence-corrected chi connectivity index (χ2v) is 12.1. The van der Waals surface area contributed by atoms with Crippen molar-refractivity contribution < 1.29 is 23.6 Å². The first-order valence-corrected chi connectivity index (χ1v) is 15.2. The van der Waals surface area contributed by atoms with Crippen LogP contribution in [0, 0.1) is 0 Å². The lowest BCUT2D eigenvalue weighted by Gasteiger charge is -2.17. The minimum absolute atomic E-state index is 0.181. The maximum atomic E-state index is 13.0. The molecule has 0 spiro atoms. The van der Waals surface area contributed by atoms with Crippen LogP contribution in [-0.2, 0) is 25.6 Å². The number of anilines is 2. The minimum atomic E-state index is -0.875. The standard InChI is InChI=1S/C36H35N5O5/c1-23(2)20-30(42)40-35(16-17-35)33(44)38-27-12-8-25(9-13-27)29-22-37-32(46-29)26-10-14-28(15-11-26)39-34(45)36(18-19-36)41-31(43)21-24-6-4-3-5-7-24/h3-15,22H,1,16-21H2,2H3,(H,38,44)(H,39,45)(H,40,42)(H,41,43). The second kappa shape index (κ2) is 12.5. The summed E-state index contributed by atoms with van der Waals surface area (Å²) in [5, 5.41) is 11.6. The van der Waals surface area contributed by atoms with Crippen LogP contribution in [0.4, 0.5) is 11.4 Å². The van der Waals surface area contributed by atoms with Crippen LogP contribution in [0.1, 0.15) is 44.6 Å². The molecule has 2 saturated carbocycles. The Hall–Kier alpha value is -5.51. The molecule has 3 aromatic carbocycles. The Morgan fingerprint density at radius 1 is 0.739 bits per heavy atom. The zero-order chi connectivity index (χ0) is 32.3. The molecule has 10 nitrogen and oxygen atoms in total. The highest BCUT2D eigenvalue weighted by atomic mass is 16.4. The predicted molar refractivity (Wildman–Crippen MR) is 174 cm³/mol. The number of carbonyl (C=O) groups is 4. The average Bonchev–Trinajstić information content (AvgIpc) is 3.94. The number of carbonyl (C=O) groups excluding carboxylic acids is 4. The quantitative estimate of drug-likeness (QED) is 0.157. The normalized spacial score (nSPS) is 15.2. The number of benzene rings is 3. The van der Waals surface area contributed by atoms with E-state index in [9.17, 15) is 19.2 Å². The van der Waals surface area contributed by atoms with Crippen molar-refractivity contribution in [2.75, 3.05) is 10.6 Å². The molecule has 1 aromatic heterocycles. The molecule has 234 valence electrons. The molecule has 2 fully saturated rings. The number of rotatable bonds is 12. The molecule has 1 heterocycles. The highest BCUT2D eigenvalue weighted by molar-refractivity contribution is 6.03. The molecule has 4 N–H and O–H groups in total. The van der Waals surface area contributed by atoms with Crippen LogP contribution in [0.3, 0.4) is 0 Å². The van der Waals surface area contributed by atoms with E-state index in [2.05, 4.69) is 32.8 Å². The Kier molecular flexibility index (Phi) is 8.27. The van der Waals surface area contributed by atoms with Gasteiger partial charge >= 0.3 is 0 Å². The third-order valence-corrected chi connectivity index (χ3v) is 8.12. The number of nitrogens with one attached hydrogen (secondary N) is 4. The van der Waals surface area contributed by atoms with Gasteiger partial charge in [0.25, 0.3) is 0 Å². The molecule has 6 rings (SSSR count). The van der Waals surface area contributed by atoms with Crippen LogP contribution in [0.2, 0.25) is 0 Å². The minimum Gasteiger partial charge on any atom is -0.436 e. The monoisotopic (exact) mass is 617 g/mol. The maximum absolute atomic E-state index is 13.0. The number of oxazole rings is 1. The Bertz CT molecular complexity index is 1790. The summed E-state index contributed by atoms with van der Waals surface area (Å²) < 4.78 is 6.01. The van der Waals surface area contributed by atoms with Crippen molar-refractivity contribution in [3.8, 4) is 22.8 Å². The molecule has 10 heteroatoms. The molecular weight excluding hydrogens is 582 g/mol. The van der Waals surface area contributed by atoms with E-state index in [-0.39, 0.29) is 36.5 Å². The van der Waals surface area contributed by atoms with Crippen LogP contribution in [0.5, 0.6) is 0 Å². The molecule has 0 unspecified atom stereocenters. The van der Waals surface area contributed by atoms with E-state index in [4.69, 9.17) is 4.42 Å². The molecule has 0 aliphatic heterocycles.